The van der Waals surface area contributed by atoms with Crippen LogP contribution in [0.2, 0.25) is 9.41 Å². The summed E-state index contributed by atoms with van der Waals surface area (Å²) in [4.78, 5) is 0. The fourth-order valence-electron chi connectivity index (χ4n) is 3.32. The molecule has 2 rings (SSSR count). The first-order chi connectivity index (χ1) is 7.24. The van der Waals surface area contributed by atoms with Crippen LogP contribution in [0.3, 0.4) is 0 Å². The first-order valence-corrected chi connectivity index (χ1v) is 9.55. The first kappa shape index (κ1) is 12.6. The molecule has 0 aromatic rings. The van der Waals surface area contributed by atoms with Crippen LogP contribution in [0.25, 0.3) is 0 Å². The molecule has 0 heterocycles. The van der Waals surface area contributed by atoms with E-state index in [9.17, 15) is 0 Å². The van der Waals surface area contributed by atoms with Crippen LogP contribution in [0.5, 0.6) is 0 Å². The third-order valence-electron chi connectivity index (χ3n) is 4.45. The first-order valence-electron chi connectivity index (χ1n) is 6.75. The van der Waals surface area contributed by atoms with Gasteiger partial charge in [-0.05, 0) is 0 Å². The van der Waals surface area contributed by atoms with Crippen molar-refractivity contribution in [1.82, 2.24) is 0 Å². The summed E-state index contributed by atoms with van der Waals surface area (Å²) in [5, 5.41) is 0. The Morgan fingerprint density at radius 2 is 0.933 bits per heavy atom. The average molecular weight is 332 g/mol. The number of hydrogen-bond donors (Lipinski definition) is 0. The van der Waals surface area contributed by atoms with Crippen molar-refractivity contribution in [2.75, 3.05) is 0 Å². The second-order valence-electron chi connectivity index (χ2n) is 5.80. The van der Waals surface area contributed by atoms with Gasteiger partial charge < -0.3 is 0 Å². The maximum atomic E-state index is 1.99. The van der Waals surface area contributed by atoms with Gasteiger partial charge in [-0.15, -0.1) is 0 Å². The molecular formula is C13H26As2. The van der Waals surface area contributed by atoms with Crippen LogP contribution in [-0.2, 0) is 0 Å². The number of rotatable bonds is 2. The van der Waals surface area contributed by atoms with Crippen molar-refractivity contribution in [1.29, 1.82) is 0 Å². The fraction of sp³-hybridized carbons (Fsp3) is 1.00. The van der Waals surface area contributed by atoms with Crippen molar-refractivity contribution in [2.24, 2.45) is 11.8 Å². The standard InChI is InChI=1S/C13H26As2/c14-12-5-1-10(2-6-12)9-11-3-7-13(15)8-4-11/h10-13H,1-9,14-15H2. The van der Waals surface area contributed by atoms with Gasteiger partial charge in [0.2, 0.25) is 0 Å². The van der Waals surface area contributed by atoms with Crippen molar-refractivity contribution in [2.45, 2.75) is 67.2 Å². The molecule has 0 aromatic carbocycles. The van der Waals surface area contributed by atoms with Gasteiger partial charge in [-0.25, -0.2) is 0 Å². The van der Waals surface area contributed by atoms with E-state index in [1.165, 1.54) is 25.7 Å². The number of hydrogen-bond acceptors (Lipinski definition) is 0. The molecule has 2 fully saturated rings. The van der Waals surface area contributed by atoms with E-state index in [2.05, 4.69) is 0 Å². The van der Waals surface area contributed by atoms with E-state index < -0.39 is 0 Å². The Balaban J connectivity index is 1.68. The summed E-state index contributed by atoms with van der Waals surface area (Å²) in [6, 6.07) is 0. The van der Waals surface area contributed by atoms with Gasteiger partial charge in [0.05, 0.1) is 0 Å². The van der Waals surface area contributed by atoms with E-state index in [0.717, 1.165) is 21.2 Å². The molecule has 2 unspecified atom stereocenters. The molecule has 2 atom stereocenters. The van der Waals surface area contributed by atoms with E-state index in [1.807, 2.05) is 33.7 Å². The van der Waals surface area contributed by atoms with Gasteiger partial charge in [-0.3, -0.25) is 0 Å². The summed E-state index contributed by atoms with van der Waals surface area (Å²) < 4.78 is 2.17. The Hall–Kier alpha value is 1.12. The molecule has 88 valence electrons. The van der Waals surface area contributed by atoms with Crippen LogP contribution < -0.4 is 0 Å². The topological polar surface area (TPSA) is 0 Å². The van der Waals surface area contributed by atoms with Crippen molar-refractivity contribution >= 4 is 33.7 Å². The molecule has 0 radical (unpaired) electrons. The average Bonchev–Trinajstić information content (AvgIpc) is 2.25. The molecule has 0 spiro atoms. The summed E-state index contributed by atoms with van der Waals surface area (Å²) in [7, 11) is 0. The summed E-state index contributed by atoms with van der Waals surface area (Å²) >= 11 is 3.98. The molecule has 0 bridgehead atoms. The van der Waals surface area contributed by atoms with E-state index in [-0.39, 0.29) is 0 Å². The Morgan fingerprint density at radius 3 is 1.27 bits per heavy atom. The van der Waals surface area contributed by atoms with Crippen LogP contribution in [0.4, 0.5) is 0 Å². The molecule has 2 heteroatoms. The monoisotopic (exact) mass is 332 g/mol. The second kappa shape index (κ2) is 6.16. The fourth-order valence-corrected chi connectivity index (χ4v) is 4.93. The van der Waals surface area contributed by atoms with Crippen LogP contribution in [-0.4, -0.2) is 33.7 Å². The van der Waals surface area contributed by atoms with Crippen molar-refractivity contribution < 1.29 is 0 Å². The van der Waals surface area contributed by atoms with Gasteiger partial charge >= 0.3 is 113 Å². The Morgan fingerprint density at radius 1 is 0.600 bits per heavy atom. The molecule has 0 amide bonds. The summed E-state index contributed by atoms with van der Waals surface area (Å²) in [5.41, 5.74) is 0. The van der Waals surface area contributed by atoms with Crippen molar-refractivity contribution in [3.63, 3.8) is 0 Å². The van der Waals surface area contributed by atoms with Crippen LogP contribution >= 0.6 is 0 Å². The second-order valence-corrected chi connectivity index (χ2v) is 9.75. The SMILES string of the molecule is [AsH2]C1CCC(CC2CCC([AsH2])CC2)CC1. The van der Waals surface area contributed by atoms with Gasteiger partial charge in [0.15, 0.2) is 0 Å². The van der Waals surface area contributed by atoms with Crippen LogP contribution in [0.15, 0.2) is 0 Å². The van der Waals surface area contributed by atoms with Gasteiger partial charge in [0.1, 0.15) is 0 Å². The maximum absolute atomic E-state index is 1.99. The molecule has 2 saturated carbocycles. The normalized spacial score (nSPS) is 42.8. The van der Waals surface area contributed by atoms with Gasteiger partial charge in [0.25, 0.3) is 0 Å². The summed E-state index contributed by atoms with van der Waals surface area (Å²) in [6.07, 6.45) is 14.0. The van der Waals surface area contributed by atoms with E-state index >= 15 is 0 Å². The quantitative estimate of drug-likeness (QED) is 0.682. The Bertz CT molecular complexity index is 157. The molecule has 0 aromatic heterocycles. The predicted molar refractivity (Wildman–Crippen MR) is 73.1 cm³/mol. The summed E-state index contributed by atoms with van der Waals surface area (Å²) in [6.45, 7) is 0. The molecule has 0 nitrogen and oxygen atoms in total. The van der Waals surface area contributed by atoms with E-state index in [4.69, 9.17) is 0 Å². The zero-order valence-electron chi connectivity index (χ0n) is 9.83. The minimum atomic E-state index is 1.09. The molecule has 15 heavy (non-hydrogen) atoms. The van der Waals surface area contributed by atoms with Gasteiger partial charge in [-0.2, -0.15) is 0 Å². The predicted octanol–water partition coefficient (Wildman–Crippen LogP) is 2.60. The van der Waals surface area contributed by atoms with Crippen LogP contribution in [0, 0.1) is 11.8 Å². The Kier molecular flexibility index (Phi) is 5.16. The Labute approximate surface area is 112 Å². The molecule has 0 aliphatic heterocycles. The van der Waals surface area contributed by atoms with E-state index in [1.54, 1.807) is 32.1 Å². The van der Waals surface area contributed by atoms with Gasteiger partial charge in [-0.1, -0.05) is 0 Å². The van der Waals surface area contributed by atoms with E-state index in [0.29, 0.717) is 0 Å². The third kappa shape index (κ3) is 4.12. The molecule has 2 aliphatic carbocycles. The van der Waals surface area contributed by atoms with Crippen molar-refractivity contribution in [3.05, 3.63) is 0 Å². The summed E-state index contributed by atoms with van der Waals surface area (Å²) in [5.74, 6) is 2.22. The van der Waals surface area contributed by atoms with Crippen LogP contribution in [0.1, 0.15) is 57.8 Å². The third-order valence-corrected chi connectivity index (χ3v) is 7.25. The van der Waals surface area contributed by atoms with Gasteiger partial charge in [0, 0.05) is 0 Å². The zero-order chi connectivity index (χ0) is 10.7. The minimum absolute atomic E-state index is 1.09. The molecule has 2 aliphatic rings. The zero-order valence-corrected chi connectivity index (χ0v) is 14.7. The van der Waals surface area contributed by atoms with Crippen molar-refractivity contribution in [3.8, 4) is 0 Å². The molecule has 0 saturated heterocycles. The molecule has 0 N–H and O–H groups in total. The molecular weight excluding hydrogens is 306 g/mol.